The van der Waals surface area contributed by atoms with Crippen molar-refractivity contribution >= 4 is 28.8 Å². The van der Waals surface area contributed by atoms with Gasteiger partial charge in [-0.05, 0) is 13.8 Å². The fourth-order valence-electron chi connectivity index (χ4n) is 2.40. The Morgan fingerprint density at radius 3 is 2.48 bits per heavy atom. The third kappa shape index (κ3) is 4.65. The van der Waals surface area contributed by atoms with Crippen LogP contribution >= 0.6 is 11.6 Å². The van der Waals surface area contributed by atoms with E-state index in [2.05, 4.69) is 9.89 Å². The predicted octanol–water partition coefficient (Wildman–Crippen LogP) is 2.55. The normalized spacial score (nSPS) is 15.6. The molecule has 6 nitrogen and oxygen atoms in total. The number of nitrogens with zero attached hydrogens (tertiary/aromatic N) is 2. The van der Waals surface area contributed by atoms with Crippen molar-refractivity contribution in [1.82, 2.24) is 0 Å². The molecule has 23 heavy (non-hydrogen) atoms. The molecule has 0 unspecified atom stereocenters. The molecule has 1 fully saturated rings. The Labute approximate surface area is 142 Å². The zero-order valence-electron chi connectivity index (χ0n) is 13.7. The molecule has 1 aromatic carbocycles. The van der Waals surface area contributed by atoms with Gasteiger partial charge in [-0.3, -0.25) is 0 Å². The van der Waals surface area contributed by atoms with Crippen LogP contribution in [0.15, 0.2) is 17.1 Å². The predicted molar refractivity (Wildman–Crippen MR) is 93.8 cm³/mol. The molecule has 0 saturated carbocycles. The molecule has 2 rings (SSSR count). The maximum atomic E-state index is 5.80. The molecule has 1 aromatic rings. The van der Waals surface area contributed by atoms with E-state index in [-0.39, 0.29) is 5.88 Å². The van der Waals surface area contributed by atoms with Crippen molar-refractivity contribution in [2.24, 2.45) is 10.7 Å². The smallest absolute Gasteiger partial charge is 0.147 e. The molecular formula is C16H24ClN3O3. The Morgan fingerprint density at radius 1 is 1.22 bits per heavy atom. The number of nitrogens with two attached hydrogens (primary N) is 1. The van der Waals surface area contributed by atoms with E-state index in [0.717, 1.165) is 24.5 Å². The van der Waals surface area contributed by atoms with E-state index in [1.165, 1.54) is 0 Å². The fourth-order valence-corrected chi connectivity index (χ4v) is 2.46. The highest BCUT2D eigenvalue weighted by Crippen LogP contribution is 2.40. The number of anilines is 1. The lowest BCUT2D eigenvalue weighted by molar-refractivity contribution is 0.122. The van der Waals surface area contributed by atoms with Crippen molar-refractivity contribution in [2.45, 2.75) is 13.8 Å². The summed E-state index contributed by atoms with van der Waals surface area (Å²) >= 11 is 5.74. The van der Waals surface area contributed by atoms with Crippen molar-refractivity contribution in [3.05, 3.63) is 12.1 Å². The van der Waals surface area contributed by atoms with Gasteiger partial charge in [0.1, 0.15) is 23.0 Å². The van der Waals surface area contributed by atoms with E-state index in [1.807, 2.05) is 26.0 Å². The van der Waals surface area contributed by atoms with Crippen LogP contribution in [-0.2, 0) is 4.74 Å². The second-order valence-corrected chi connectivity index (χ2v) is 5.26. The highest BCUT2D eigenvalue weighted by molar-refractivity contribution is 6.28. The number of halogens is 1. The second kappa shape index (κ2) is 8.84. The Balaban J connectivity index is 2.45. The zero-order chi connectivity index (χ0) is 16.7. The monoisotopic (exact) mass is 341 g/mol. The summed E-state index contributed by atoms with van der Waals surface area (Å²) in [7, 11) is 0. The first-order chi connectivity index (χ1) is 11.2. The molecule has 0 spiro atoms. The number of rotatable bonds is 7. The highest BCUT2D eigenvalue weighted by atomic mass is 35.5. The molecule has 1 saturated heterocycles. The molecular weight excluding hydrogens is 318 g/mol. The van der Waals surface area contributed by atoms with Gasteiger partial charge in [-0.15, -0.1) is 11.6 Å². The van der Waals surface area contributed by atoms with Crippen molar-refractivity contribution in [3.63, 3.8) is 0 Å². The molecule has 128 valence electrons. The van der Waals surface area contributed by atoms with Gasteiger partial charge in [0.2, 0.25) is 0 Å². The number of hydrogen-bond donors (Lipinski definition) is 1. The Hall–Kier alpha value is -1.66. The van der Waals surface area contributed by atoms with Crippen molar-refractivity contribution in [3.8, 4) is 11.5 Å². The molecule has 0 aliphatic carbocycles. The second-order valence-electron chi connectivity index (χ2n) is 4.99. The van der Waals surface area contributed by atoms with Gasteiger partial charge < -0.3 is 24.8 Å². The topological polar surface area (TPSA) is 69.3 Å². The van der Waals surface area contributed by atoms with Gasteiger partial charge in [-0.25, -0.2) is 4.99 Å². The number of alkyl halides is 1. The standard InChI is InChI=1S/C16H24ClN3O3/c1-3-22-14-10-13(20-5-7-21-8-6-20)15(23-4-2)9-12(14)19-16(18)11-17/h9-10H,3-8,11H2,1-2H3,(H2,18,19). The lowest BCUT2D eigenvalue weighted by Gasteiger charge is -2.30. The number of aliphatic imine (C=N–C) groups is 1. The average Bonchev–Trinajstić information content (AvgIpc) is 2.58. The number of hydrogen-bond acceptors (Lipinski definition) is 5. The van der Waals surface area contributed by atoms with Gasteiger partial charge in [0.25, 0.3) is 0 Å². The maximum Gasteiger partial charge on any atom is 0.147 e. The summed E-state index contributed by atoms with van der Waals surface area (Å²) in [5.74, 6) is 1.94. The van der Waals surface area contributed by atoms with E-state index in [9.17, 15) is 0 Å². The molecule has 1 heterocycles. The van der Waals surface area contributed by atoms with Crippen LogP contribution in [0.5, 0.6) is 11.5 Å². The lowest BCUT2D eigenvalue weighted by atomic mass is 10.2. The Bertz CT molecular complexity index is 546. The molecule has 0 aromatic heterocycles. The van der Waals surface area contributed by atoms with Crippen molar-refractivity contribution in [2.75, 3.05) is 50.3 Å². The Kier molecular flexibility index (Phi) is 6.80. The maximum absolute atomic E-state index is 5.80. The van der Waals surface area contributed by atoms with Crippen molar-refractivity contribution < 1.29 is 14.2 Å². The molecule has 0 radical (unpaired) electrons. The van der Waals surface area contributed by atoms with Gasteiger partial charge in [0, 0.05) is 25.2 Å². The van der Waals surface area contributed by atoms with Crippen LogP contribution in [0.1, 0.15) is 13.8 Å². The van der Waals surface area contributed by atoms with E-state index >= 15 is 0 Å². The third-order valence-electron chi connectivity index (χ3n) is 3.39. The number of morpholine rings is 1. The summed E-state index contributed by atoms with van der Waals surface area (Å²) < 4.78 is 16.9. The summed E-state index contributed by atoms with van der Waals surface area (Å²) in [6, 6.07) is 3.82. The summed E-state index contributed by atoms with van der Waals surface area (Å²) in [4.78, 5) is 6.57. The minimum absolute atomic E-state index is 0.167. The molecule has 2 N–H and O–H groups in total. The molecule has 0 amide bonds. The molecule has 7 heteroatoms. The largest absolute Gasteiger partial charge is 0.492 e. The van der Waals surface area contributed by atoms with Crippen LogP contribution in [0.2, 0.25) is 0 Å². The van der Waals surface area contributed by atoms with Crippen LogP contribution in [0, 0.1) is 0 Å². The van der Waals surface area contributed by atoms with Crippen LogP contribution in [0.25, 0.3) is 0 Å². The first-order valence-electron chi connectivity index (χ1n) is 7.84. The zero-order valence-corrected chi connectivity index (χ0v) is 14.4. The Morgan fingerprint density at radius 2 is 1.87 bits per heavy atom. The summed E-state index contributed by atoms with van der Waals surface area (Å²) in [6.45, 7) is 8.04. The minimum Gasteiger partial charge on any atom is -0.492 e. The number of ether oxygens (including phenoxy) is 3. The van der Waals surface area contributed by atoms with E-state index in [1.54, 1.807) is 0 Å². The SMILES string of the molecule is CCOc1cc(N2CCOCC2)c(OCC)cc1N=C(N)CCl. The first-order valence-corrected chi connectivity index (χ1v) is 8.38. The van der Waals surface area contributed by atoms with Crippen LogP contribution < -0.4 is 20.1 Å². The highest BCUT2D eigenvalue weighted by Gasteiger charge is 2.19. The van der Waals surface area contributed by atoms with E-state index in [4.69, 9.17) is 31.5 Å². The lowest BCUT2D eigenvalue weighted by Crippen LogP contribution is -2.36. The van der Waals surface area contributed by atoms with Crippen LogP contribution in [0.3, 0.4) is 0 Å². The molecule has 1 aliphatic rings. The average molecular weight is 342 g/mol. The third-order valence-corrected chi connectivity index (χ3v) is 3.67. The van der Waals surface area contributed by atoms with Gasteiger partial charge >= 0.3 is 0 Å². The molecule has 1 aliphatic heterocycles. The van der Waals surface area contributed by atoms with Gasteiger partial charge in [-0.2, -0.15) is 0 Å². The first kappa shape index (κ1) is 17.7. The van der Waals surface area contributed by atoms with E-state index < -0.39 is 0 Å². The van der Waals surface area contributed by atoms with Crippen LogP contribution in [-0.4, -0.2) is 51.2 Å². The minimum atomic E-state index is 0.167. The summed E-state index contributed by atoms with van der Waals surface area (Å²) in [6.07, 6.45) is 0. The summed E-state index contributed by atoms with van der Waals surface area (Å²) in [5, 5.41) is 0. The van der Waals surface area contributed by atoms with E-state index in [0.29, 0.717) is 43.7 Å². The molecule has 0 atom stereocenters. The number of benzene rings is 1. The van der Waals surface area contributed by atoms with Gasteiger partial charge in [0.05, 0.1) is 38.0 Å². The molecule has 0 bridgehead atoms. The summed E-state index contributed by atoms with van der Waals surface area (Å²) in [5.41, 5.74) is 7.39. The fraction of sp³-hybridized carbons (Fsp3) is 0.562. The van der Waals surface area contributed by atoms with Crippen LogP contribution in [0.4, 0.5) is 11.4 Å². The number of amidine groups is 1. The quantitative estimate of drug-likeness (QED) is 0.469. The van der Waals surface area contributed by atoms with Crippen molar-refractivity contribution in [1.29, 1.82) is 0 Å². The van der Waals surface area contributed by atoms with Gasteiger partial charge in [-0.1, -0.05) is 0 Å². The van der Waals surface area contributed by atoms with Gasteiger partial charge in [0.15, 0.2) is 0 Å².